The molecule has 2 saturated carbocycles. The van der Waals surface area contributed by atoms with Crippen molar-refractivity contribution in [3.63, 3.8) is 0 Å². The van der Waals surface area contributed by atoms with Crippen LogP contribution in [0, 0.1) is 29.0 Å². The maximum Gasteiger partial charge on any atom is 0.254 e. The number of pyridine rings is 2. The van der Waals surface area contributed by atoms with Crippen molar-refractivity contribution in [1.29, 1.82) is 0 Å². The number of carbonyl (C=O) groups excluding carboxylic acids is 2. The molecule has 2 fully saturated rings. The van der Waals surface area contributed by atoms with E-state index in [2.05, 4.69) is 29.9 Å². The third-order valence-electron chi connectivity index (χ3n) is 8.75. The lowest BCUT2D eigenvalue weighted by molar-refractivity contribution is -0.129. The number of ketones is 1. The molecule has 6 heteroatoms. The van der Waals surface area contributed by atoms with E-state index in [-0.39, 0.29) is 23.9 Å². The zero-order chi connectivity index (χ0) is 25.6. The maximum absolute atomic E-state index is 14.0. The fourth-order valence-corrected chi connectivity index (χ4v) is 6.49. The normalized spacial score (nSPS) is 23.6. The second kappa shape index (κ2) is 9.38. The first-order valence-corrected chi connectivity index (χ1v) is 12.9. The van der Waals surface area contributed by atoms with Gasteiger partial charge in [0, 0.05) is 49.4 Å². The van der Waals surface area contributed by atoms with Crippen molar-refractivity contribution in [3.8, 4) is 0 Å². The number of fused-ring (bicyclic) bond motifs is 2. The van der Waals surface area contributed by atoms with E-state index in [1.54, 1.807) is 44.6 Å². The van der Waals surface area contributed by atoms with Gasteiger partial charge in [-0.05, 0) is 91.3 Å². The summed E-state index contributed by atoms with van der Waals surface area (Å²) in [4.78, 5) is 35.8. The molecule has 2 aromatic heterocycles. The van der Waals surface area contributed by atoms with E-state index >= 15 is 0 Å². The predicted octanol–water partition coefficient (Wildman–Crippen LogP) is 5.83. The Morgan fingerprint density at radius 1 is 1.00 bits per heavy atom. The van der Waals surface area contributed by atoms with Gasteiger partial charge in [-0.25, -0.2) is 4.39 Å². The van der Waals surface area contributed by atoms with Crippen LogP contribution in [0.15, 0.2) is 48.8 Å². The van der Waals surface area contributed by atoms with Crippen molar-refractivity contribution >= 4 is 22.6 Å². The smallest absolute Gasteiger partial charge is 0.254 e. The highest BCUT2D eigenvalue weighted by Gasteiger charge is 2.48. The third kappa shape index (κ3) is 4.54. The number of Topliss-reactive ketones (excluding diaryl/α,β-unsaturated/α-hetero) is 1. The topological polar surface area (TPSA) is 63.2 Å². The molecule has 2 aliphatic rings. The summed E-state index contributed by atoms with van der Waals surface area (Å²) in [6.07, 6.45) is 7.97. The average Bonchev–Trinajstić information content (AvgIpc) is 3.43. The van der Waals surface area contributed by atoms with Crippen LogP contribution in [-0.4, -0.2) is 40.7 Å². The van der Waals surface area contributed by atoms with Crippen LogP contribution in [0.5, 0.6) is 0 Å². The summed E-state index contributed by atoms with van der Waals surface area (Å²) in [5.74, 6) is 1.85. The number of halogens is 1. The molecule has 2 aliphatic carbocycles. The Hall–Kier alpha value is -3.15. The number of amides is 1. The standard InChI is InChI=1S/C30H34FN3O2/c1-30(2,28(35)16-24-7-5-18(17-33-24)29(36)34(3)4)22-13-19-11-21(12-20(19)14-22)25-9-10-32-27-8-6-23(31)15-26(25)27/h5-10,15,17,19-22H,11-14,16H2,1-4H3/t19-,20+,21?,22?. The highest BCUT2D eigenvalue weighted by molar-refractivity contribution is 5.93. The van der Waals surface area contributed by atoms with E-state index in [0.29, 0.717) is 34.9 Å². The van der Waals surface area contributed by atoms with Crippen LogP contribution >= 0.6 is 0 Å². The van der Waals surface area contributed by atoms with E-state index in [1.807, 2.05) is 6.20 Å². The zero-order valence-electron chi connectivity index (χ0n) is 21.5. The molecule has 0 radical (unpaired) electrons. The van der Waals surface area contributed by atoms with Gasteiger partial charge in [0.1, 0.15) is 11.6 Å². The van der Waals surface area contributed by atoms with Crippen molar-refractivity contribution in [2.75, 3.05) is 14.1 Å². The minimum absolute atomic E-state index is 0.0959. The number of aromatic nitrogens is 2. The van der Waals surface area contributed by atoms with Gasteiger partial charge in [0.05, 0.1) is 11.1 Å². The Bertz CT molecular complexity index is 1290. The van der Waals surface area contributed by atoms with Gasteiger partial charge in [0.15, 0.2) is 0 Å². The van der Waals surface area contributed by atoms with E-state index < -0.39 is 5.41 Å². The Balaban J connectivity index is 1.24. The van der Waals surface area contributed by atoms with E-state index in [4.69, 9.17) is 0 Å². The minimum Gasteiger partial charge on any atom is -0.345 e. The summed E-state index contributed by atoms with van der Waals surface area (Å²) in [5.41, 5.74) is 2.87. The van der Waals surface area contributed by atoms with Crippen LogP contribution in [-0.2, 0) is 11.2 Å². The Morgan fingerprint density at radius 2 is 1.72 bits per heavy atom. The van der Waals surface area contributed by atoms with Gasteiger partial charge in [-0.1, -0.05) is 13.8 Å². The molecule has 36 heavy (non-hydrogen) atoms. The molecule has 0 aliphatic heterocycles. The van der Waals surface area contributed by atoms with Crippen LogP contribution in [0.3, 0.4) is 0 Å². The van der Waals surface area contributed by atoms with Crippen molar-refractivity contribution < 1.29 is 14.0 Å². The lowest BCUT2D eigenvalue weighted by Gasteiger charge is -2.31. The van der Waals surface area contributed by atoms with Crippen molar-refractivity contribution in [2.45, 2.75) is 51.9 Å². The van der Waals surface area contributed by atoms with E-state index in [1.165, 1.54) is 16.5 Å². The summed E-state index contributed by atoms with van der Waals surface area (Å²) in [5, 5.41) is 0.931. The van der Waals surface area contributed by atoms with Gasteiger partial charge in [-0.3, -0.25) is 19.6 Å². The molecule has 5 rings (SSSR count). The second-order valence-corrected chi connectivity index (χ2v) is 11.5. The van der Waals surface area contributed by atoms with Crippen molar-refractivity contribution in [3.05, 3.63) is 71.4 Å². The largest absolute Gasteiger partial charge is 0.345 e. The van der Waals surface area contributed by atoms with Crippen LogP contribution in [0.25, 0.3) is 10.9 Å². The van der Waals surface area contributed by atoms with Gasteiger partial charge < -0.3 is 4.90 Å². The molecule has 0 spiro atoms. The highest BCUT2D eigenvalue weighted by atomic mass is 19.1. The average molecular weight is 488 g/mol. The molecular weight excluding hydrogens is 453 g/mol. The summed E-state index contributed by atoms with van der Waals surface area (Å²) in [6, 6.07) is 10.5. The number of hydrogen-bond acceptors (Lipinski definition) is 4. The number of nitrogens with zero attached hydrogens (tertiary/aromatic N) is 3. The molecule has 5 nitrogen and oxygen atoms in total. The highest BCUT2D eigenvalue weighted by Crippen LogP contribution is 2.56. The predicted molar refractivity (Wildman–Crippen MR) is 138 cm³/mol. The van der Waals surface area contributed by atoms with Crippen LogP contribution in [0.2, 0.25) is 0 Å². The van der Waals surface area contributed by atoms with Crippen molar-refractivity contribution in [2.24, 2.45) is 23.2 Å². The molecule has 0 saturated heterocycles. The van der Waals surface area contributed by atoms with Gasteiger partial charge in [-0.2, -0.15) is 0 Å². The minimum atomic E-state index is -0.424. The van der Waals surface area contributed by atoms with Gasteiger partial charge >= 0.3 is 0 Å². The second-order valence-electron chi connectivity index (χ2n) is 11.5. The Kier molecular flexibility index (Phi) is 6.39. The number of rotatable bonds is 6. The molecule has 3 aromatic rings. The SMILES string of the molecule is CN(C)C(=O)c1ccc(CC(=O)C(C)(C)C2C[C@H]3CC(c4ccnc5ccc(F)cc45)C[C@H]3C2)nc1. The first kappa shape index (κ1) is 24.5. The monoisotopic (exact) mass is 487 g/mol. The maximum atomic E-state index is 14.0. The summed E-state index contributed by atoms with van der Waals surface area (Å²) >= 11 is 0. The number of carbonyl (C=O) groups is 2. The van der Waals surface area contributed by atoms with E-state index in [0.717, 1.165) is 36.6 Å². The number of benzene rings is 1. The fourth-order valence-electron chi connectivity index (χ4n) is 6.49. The summed E-state index contributed by atoms with van der Waals surface area (Å²) in [7, 11) is 3.42. The zero-order valence-corrected chi connectivity index (χ0v) is 21.5. The molecule has 1 amide bonds. The quantitative estimate of drug-likeness (QED) is 0.439. The van der Waals surface area contributed by atoms with Gasteiger partial charge in [0.2, 0.25) is 0 Å². The molecular formula is C30H34FN3O2. The summed E-state index contributed by atoms with van der Waals surface area (Å²) < 4.78 is 14.0. The Labute approximate surface area is 212 Å². The third-order valence-corrected chi connectivity index (χ3v) is 8.75. The molecule has 4 atom stereocenters. The van der Waals surface area contributed by atoms with Crippen molar-refractivity contribution in [1.82, 2.24) is 14.9 Å². The molecule has 0 N–H and O–H groups in total. The van der Waals surface area contributed by atoms with Gasteiger partial charge in [-0.15, -0.1) is 0 Å². The Morgan fingerprint density at radius 3 is 2.36 bits per heavy atom. The number of hydrogen-bond donors (Lipinski definition) is 0. The fraction of sp³-hybridized carbons (Fsp3) is 0.467. The van der Waals surface area contributed by atoms with E-state index in [9.17, 15) is 14.0 Å². The lowest BCUT2D eigenvalue weighted by atomic mass is 9.72. The van der Waals surface area contributed by atoms with Crippen LogP contribution < -0.4 is 0 Å². The lowest BCUT2D eigenvalue weighted by Crippen LogP contribution is -2.33. The molecule has 2 unspecified atom stereocenters. The van der Waals surface area contributed by atoms with Gasteiger partial charge in [0.25, 0.3) is 5.91 Å². The van der Waals surface area contributed by atoms with Crippen LogP contribution in [0.1, 0.15) is 67.1 Å². The molecule has 0 bridgehead atoms. The molecule has 1 aromatic carbocycles. The summed E-state index contributed by atoms with van der Waals surface area (Å²) in [6.45, 7) is 4.17. The first-order valence-electron chi connectivity index (χ1n) is 12.9. The molecule has 2 heterocycles. The first-order chi connectivity index (χ1) is 17.1. The van der Waals surface area contributed by atoms with Crippen LogP contribution in [0.4, 0.5) is 4.39 Å². The molecule has 188 valence electrons.